The lowest BCUT2D eigenvalue weighted by atomic mass is 9.83. The van der Waals surface area contributed by atoms with Crippen molar-refractivity contribution >= 4 is 15.9 Å². The summed E-state index contributed by atoms with van der Waals surface area (Å²) in [6, 6.07) is 2.45. The van der Waals surface area contributed by atoms with Crippen molar-refractivity contribution in [1.29, 1.82) is 0 Å². The summed E-state index contributed by atoms with van der Waals surface area (Å²) in [4.78, 5) is 4.00. The van der Waals surface area contributed by atoms with E-state index in [2.05, 4.69) is 33.2 Å². The summed E-state index contributed by atoms with van der Waals surface area (Å²) >= 11 is 3.13. The number of rotatable bonds is 16. The number of aromatic nitrogens is 1. The number of hydrogen-bond donors (Lipinski definition) is 2. The van der Waals surface area contributed by atoms with E-state index in [0.29, 0.717) is 6.42 Å². The van der Waals surface area contributed by atoms with Crippen molar-refractivity contribution < 1.29 is 23.0 Å². The Morgan fingerprint density at radius 1 is 1.10 bits per heavy atom. The van der Waals surface area contributed by atoms with Crippen molar-refractivity contribution in [3.63, 3.8) is 0 Å². The van der Waals surface area contributed by atoms with E-state index in [1.54, 1.807) is 0 Å². The number of methoxy groups -OCH3 is 1. The van der Waals surface area contributed by atoms with Gasteiger partial charge in [-0.25, -0.2) is 18.2 Å². The maximum atomic E-state index is 15.0. The van der Waals surface area contributed by atoms with Crippen LogP contribution < -0.4 is 5.32 Å². The molecule has 1 aromatic rings. The quantitative estimate of drug-likeness (QED) is 0.238. The van der Waals surface area contributed by atoms with E-state index in [9.17, 15) is 18.3 Å². The standard InChI is InChI=1S/C21H34BrF3N2O2/c1-3-4-5-6-7-8-9-10-14-26-20(13-15-29-2,21(24,25)16-28)19-17(23)11-12-18(22)27-19/h11-12,26,28H,3-10,13-16H2,1-2H3/t20-/m1/s1. The molecular weight excluding hydrogens is 449 g/mol. The van der Waals surface area contributed by atoms with Gasteiger partial charge < -0.3 is 15.2 Å². The van der Waals surface area contributed by atoms with E-state index >= 15 is 0 Å². The second kappa shape index (κ2) is 13.6. The second-order valence-electron chi connectivity index (χ2n) is 7.38. The maximum absolute atomic E-state index is 15.0. The average Bonchev–Trinajstić information content (AvgIpc) is 2.71. The number of ether oxygens (including phenoxy) is 1. The van der Waals surface area contributed by atoms with Crippen LogP contribution in [0.25, 0.3) is 0 Å². The van der Waals surface area contributed by atoms with Gasteiger partial charge in [-0.15, -0.1) is 0 Å². The van der Waals surface area contributed by atoms with Crippen LogP contribution in [0, 0.1) is 5.82 Å². The number of pyridine rings is 1. The van der Waals surface area contributed by atoms with Gasteiger partial charge in [-0.05, 0) is 41.0 Å². The number of unbranched alkanes of at least 4 members (excludes halogenated alkanes) is 7. The van der Waals surface area contributed by atoms with Gasteiger partial charge in [0.15, 0.2) is 0 Å². The van der Waals surface area contributed by atoms with Crippen LogP contribution in [0.4, 0.5) is 13.2 Å². The third-order valence-corrected chi connectivity index (χ3v) is 5.62. The first-order chi connectivity index (χ1) is 13.8. The van der Waals surface area contributed by atoms with Crippen LogP contribution in [0.1, 0.15) is 70.4 Å². The molecule has 8 heteroatoms. The van der Waals surface area contributed by atoms with Crippen molar-refractivity contribution in [2.75, 3.05) is 26.9 Å². The van der Waals surface area contributed by atoms with Crippen molar-refractivity contribution in [1.82, 2.24) is 10.3 Å². The second-order valence-corrected chi connectivity index (χ2v) is 8.19. The molecule has 0 spiro atoms. The Morgan fingerprint density at radius 2 is 1.72 bits per heavy atom. The molecule has 0 bridgehead atoms. The number of aliphatic hydroxyl groups is 1. The molecule has 2 N–H and O–H groups in total. The Balaban J connectivity index is 2.89. The molecule has 168 valence electrons. The highest BCUT2D eigenvalue weighted by Crippen LogP contribution is 2.41. The van der Waals surface area contributed by atoms with E-state index < -0.39 is 29.6 Å². The van der Waals surface area contributed by atoms with Crippen molar-refractivity contribution in [3.8, 4) is 0 Å². The number of halogens is 4. The molecular formula is C21H34BrF3N2O2. The molecule has 1 atom stereocenters. The normalized spacial score (nSPS) is 14.2. The molecule has 0 saturated heterocycles. The Hall–Kier alpha value is -0.700. The largest absolute Gasteiger partial charge is 0.390 e. The highest BCUT2D eigenvalue weighted by Gasteiger charge is 2.56. The van der Waals surface area contributed by atoms with Crippen LogP contribution in [0.15, 0.2) is 16.7 Å². The van der Waals surface area contributed by atoms with E-state index in [4.69, 9.17) is 4.74 Å². The summed E-state index contributed by atoms with van der Waals surface area (Å²) in [6.07, 6.45) is 8.38. The predicted octanol–water partition coefficient (Wildman–Crippen LogP) is 5.57. The molecule has 0 aromatic carbocycles. The monoisotopic (exact) mass is 482 g/mol. The molecule has 1 heterocycles. The summed E-state index contributed by atoms with van der Waals surface area (Å²) in [7, 11) is 1.39. The fraction of sp³-hybridized carbons (Fsp3) is 0.762. The van der Waals surface area contributed by atoms with E-state index in [1.807, 2.05) is 0 Å². The van der Waals surface area contributed by atoms with Crippen LogP contribution in [0.3, 0.4) is 0 Å². The van der Waals surface area contributed by atoms with E-state index in [-0.39, 0.29) is 24.2 Å². The number of alkyl halides is 2. The summed E-state index contributed by atoms with van der Waals surface area (Å²) < 4.78 is 49.7. The van der Waals surface area contributed by atoms with Gasteiger partial charge in [-0.2, -0.15) is 0 Å². The lowest BCUT2D eigenvalue weighted by molar-refractivity contribution is -0.137. The molecule has 0 aliphatic rings. The van der Waals surface area contributed by atoms with Gasteiger partial charge in [0.1, 0.15) is 28.3 Å². The Morgan fingerprint density at radius 3 is 2.31 bits per heavy atom. The van der Waals surface area contributed by atoms with Gasteiger partial charge in [0, 0.05) is 20.1 Å². The molecule has 0 fully saturated rings. The minimum atomic E-state index is -3.62. The van der Waals surface area contributed by atoms with Gasteiger partial charge in [0.25, 0.3) is 5.92 Å². The summed E-state index contributed by atoms with van der Waals surface area (Å²) in [6.45, 7) is 0.983. The molecule has 1 rings (SSSR count). The topological polar surface area (TPSA) is 54.4 Å². The van der Waals surface area contributed by atoms with Crippen LogP contribution in [-0.4, -0.2) is 42.9 Å². The van der Waals surface area contributed by atoms with Crippen LogP contribution in [-0.2, 0) is 10.3 Å². The summed E-state index contributed by atoms with van der Waals surface area (Å²) in [5, 5.41) is 12.2. The van der Waals surface area contributed by atoms with Crippen LogP contribution >= 0.6 is 15.9 Å². The average molecular weight is 483 g/mol. The SMILES string of the molecule is CCCCCCCCCCN[C@](CCOC)(c1nc(Br)ccc1F)C(F)(F)CO. The highest BCUT2D eigenvalue weighted by molar-refractivity contribution is 9.10. The van der Waals surface area contributed by atoms with Gasteiger partial charge in [0.2, 0.25) is 0 Å². The number of nitrogens with zero attached hydrogens (tertiary/aromatic N) is 1. The summed E-state index contributed by atoms with van der Waals surface area (Å²) in [5.41, 5.74) is -2.57. The predicted molar refractivity (Wildman–Crippen MR) is 113 cm³/mol. The zero-order chi connectivity index (χ0) is 21.8. The van der Waals surface area contributed by atoms with Crippen molar-refractivity contribution in [3.05, 3.63) is 28.2 Å². The van der Waals surface area contributed by atoms with Crippen molar-refractivity contribution in [2.45, 2.75) is 76.2 Å². The molecule has 29 heavy (non-hydrogen) atoms. The number of hydrogen-bond acceptors (Lipinski definition) is 4. The number of nitrogens with one attached hydrogen (secondary N) is 1. The minimum absolute atomic E-state index is 0.0341. The first-order valence-corrected chi connectivity index (χ1v) is 11.2. The molecule has 0 radical (unpaired) electrons. The zero-order valence-corrected chi connectivity index (χ0v) is 19.0. The first-order valence-electron chi connectivity index (χ1n) is 10.4. The van der Waals surface area contributed by atoms with E-state index in [0.717, 1.165) is 25.3 Å². The van der Waals surface area contributed by atoms with E-state index in [1.165, 1.54) is 38.9 Å². The van der Waals surface area contributed by atoms with Gasteiger partial charge in [-0.1, -0.05) is 51.9 Å². The fourth-order valence-electron chi connectivity index (χ4n) is 3.44. The van der Waals surface area contributed by atoms with Gasteiger partial charge >= 0.3 is 0 Å². The zero-order valence-electron chi connectivity index (χ0n) is 17.5. The fourth-order valence-corrected chi connectivity index (χ4v) is 3.75. The molecule has 0 unspecified atom stereocenters. The number of aliphatic hydroxyl groups excluding tert-OH is 1. The molecule has 0 aliphatic heterocycles. The van der Waals surface area contributed by atoms with Gasteiger partial charge in [0.05, 0.1) is 0 Å². The highest BCUT2D eigenvalue weighted by atomic mass is 79.9. The van der Waals surface area contributed by atoms with Gasteiger partial charge in [-0.3, -0.25) is 0 Å². The maximum Gasteiger partial charge on any atom is 0.294 e. The molecule has 1 aromatic heterocycles. The lowest BCUT2D eigenvalue weighted by Gasteiger charge is -2.40. The van der Waals surface area contributed by atoms with Crippen LogP contribution in [0.5, 0.6) is 0 Å². The van der Waals surface area contributed by atoms with Crippen LogP contribution in [0.2, 0.25) is 0 Å². The molecule has 0 amide bonds. The minimum Gasteiger partial charge on any atom is -0.390 e. The third-order valence-electron chi connectivity index (χ3n) is 5.18. The van der Waals surface area contributed by atoms with Crippen molar-refractivity contribution in [2.24, 2.45) is 0 Å². The first kappa shape index (κ1) is 26.3. The summed E-state index contributed by atoms with van der Waals surface area (Å²) in [5.74, 6) is -4.47. The smallest absolute Gasteiger partial charge is 0.294 e. The molecule has 0 saturated carbocycles. The lowest BCUT2D eigenvalue weighted by Crippen LogP contribution is -2.59. The Kier molecular flexibility index (Phi) is 12.3. The third kappa shape index (κ3) is 7.81. The molecule has 0 aliphatic carbocycles. The Bertz CT molecular complexity index is 593. The Labute approximate surface area is 180 Å². The molecule has 4 nitrogen and oxygen atoms in total.